The highest BCUT2D eigenvalue weighted by Gasteiger charge is 2.28. The minimum absolute atomic E-state index is 0.0474. The van der Waals surface area contributed by atoms with Crippen molar-refractivity contribution >= 4 is 17.5 Å². The number of benzene rings is 2. The Hall–Kier alpha value is -2.66. The van der Waals surface area contributed by atoms with E-state index in [2.05, 4.69) is 10.1 Å². The predicted octanol–water partition coefficient (Wildman–Crippen LogP) is 5.37. The van der Waals surface area contributed by atoms with Gasteiger partial charge >= 0.3 is 0 Å². The number of aromatic nitrogens is 2. The Kier molecular flexibility index (Phi) is 5.72. The molecule has 1 fully saturated rings. The lowest BCUT2D eigenvalue weighted by atomic mass is 9.93. The second kappa shape index (κ2) is 8.57. The maximum Gasteiger partial charge on any atom is 0.254 e. The number of hydrogen-bond donors (Lipinski definition) is 0. The van der Waals surface area contributed by atoms with Crippen molar-refractivity contribution in [2.24, 2.45) is 0 Å². The van der Waals surface area contributed by atoms with E-state index in [1.54, 1.807) is 24.3 Å². The third-order valence-electron chi connectivity index (χ3n) is 5.15. The van der Waals surface area contributed by atoms with E-state index < -0.39 is 0 Å². The molecule has 144 valence electrons. The van der Waals surface area contributed by atoms with E-state index >= 15 is 0 Å². The summed E-state index contributed by atoms with van der Waals surface area (Å²) in [5, 5.41) is 4.64. The molecule has 1 saturated carbocycles. The first-order valence-electron chi connectivity index (χ1n) is 9.65. The topological polar surface area (TPSA) is 59.2 Å². The summed E-state index contributed by atoms with van der Waals surface area (Å²) >= 11 is 6.10. The van der Waals surface area contributed by atoms with Gasteiger partial charge in [0.2, 0.25) is 11.7 Å². The zero-order valence-corrected chi connectivity index (χ0v) is 16.3. The molecule has 0 atom stereocenters. The molecule has 0 bridgehead atoms. The number of carbonyl (C=O) groups is 1. The molecule has 5 nitrogen and oxygen atoms in total. The van der Waals surface area contributed by atoms with E-state index in [9.17, 15) is 4.79 Å². The molecule has 1 amide bonds. The van der Waals surface area contributed by atoms with Gasteiger partial charge in [-0.1, -0.05) is 72.4 Å². The molecule has 0 radical (unpaired) electrons. The van der Waals surface area contributed by atoms with Crippen LogP contribution >= 0.6 is 11.6 Å². The molecule has 2 aromatic carbocycles. The Bertz CT molecular complexity index is 936. The van der Waals surface area contributed by atoms with Crippen molar-refractivity contribution in [3.63, 3.8) is 0 Å². The predicted molar refractivity (Wildman–Crippen MR) is 108 cm³/mol. The molecule has 1 aromatic heterocycles. The first-order chi connectivity index (χ1) is 13.7. The van der Waals surface area contributed by atoms with E-state index in [4.69, 9.17) is 16.1 Å². The fraction of sp³-hybridized carbons (Fsp3) is 0.318. The molecule has 3 aromatic rings. The van der Waals surface area contributed by atoms with E-state index in [-0.39, 0.29) is 11.9 Å². The van der Waals surface area contributed by atoms with Crippen LogP contribution in [0.5, 0.6) is 0 Å². The third-order valence-corrected chi connectivity index (χ3v) is 5.39. The monoisotopic (exact) mass is 395 g/mol. The molecular formula is C22H22ClN3O2. The fourth-order valence-corrected chi connectivity index (χ4v) is 3.91. The van der Waals surface area contributed by atoms with Crippen molar-refractivity contribution in [2.75, 3.05) is 0 Å². The van der Waals surface area contributed by atoms with Crippen molar-refractivity contribution < 1.29 is 9.32 Å². The van der Waals surface area contributed by atoms with E-state index in [1.165, 1.54) is 6.42 Å². The Morgan fingerprint density at radius 1 is 1.07 bits per heavy atom. The minimum atomic E-state index is -0.0474. The molecule has 0 unspecified atom stereocenters. The van der Waals surface area contributed by atoms with Crippen molar-refractivity contribution in [1.82, 2.24) is 15.0 Å². The van der Waals surface area contributed by atoms with Gasteiger partial charge in [0.15, 0.2) is 0 Å². The van der Waals surface area contributed by atoms with Crippen LogP contribution < -0.4 is 0 Å². The number of nitrogens with zero attached hydrogens (tertiary/aromatic N) is 3. The third kappa shape index (κ3) is 4.25. The van der Waals surface area contributed by atoms with Crippen LogP contribution in [0.2, 0.25) is 5.02 Å². The van der Waals surface area contributed by atoms with Gasteiger partial charge < -0.3 is 9.42 Å². The van der Waals surface area contributed by atoms with Gasteiger partial charge in [-0.2, -0.15) is 4.98 Å². The van der Waals surface area contributed by atoms with Gasteiger partial charge in [-0.05, 0) is 31.0 Å². The molecule has 28 heavy (non-hydrogen) atoms. The number of amides is 1. The normalized spacial score (nSPS) is 14.8. The van der Waals surface area contributed by atoms with Crippen molar-refractivity contribution in [3.8, 4) is 11.4 Å². The standard InChI is InChI=1S/C22H22ClN3O2/c23-18-11-7-10-17(14-18)22(27)26(19-12-5-2-6-13-19)15-20-24-21(25-28-20)16-8-3-1-4-9-16/h1,3-4,7-11,14,19H,2,5-6,12-13,15H2. The van der Waals surface area contributed by atoms with Crippen molar-refractivity contribution in [2.45, 2.75) is 44.7 Å². The largest absolute Gasteiger partial charge is 0.337 e. The van der Waals surface area contributed by atoms with Crippen molar-refractivity contribution in [1.29, 1.82) is 0 Å². The highest BCUT2D eigenvalue weighted by Crippen LogP contribution is 2.26. The Labute approximate surface area is 169 Å². The zero-order chi connectivity index (χ0) is 19.3. The van der Waals surface area contributed by atoms with Crippen LogP contribution in [0, 0.1) is 0 Å². The van der Waals surface area contributed by atoms with Gasteiger partial charge in [-0.25, -0.2) is 0 Å². The summed E-state index contributed by atoms with van der Waals surface area (Å²) in [4.78, 5) is 19.6. The highest BCUT2D eigenvalue weighted by atomic mass is 35.5. The van der Waals surface area contributed by atoms with E-state index in [0.29, 0.717) is 28.8 Å². The molecule has 1 aliphatic rings. The number of hydrogen-bond acceptors (Lipinski definition) is 4. The van der Waals surface area contributed by atoms with Crippen LogP contribution in [-0.2, 0) is 6.54 Å². The van der Waals surface area contributed by atoms with Gasteiger partial charge in [0, 0.05) is 22.2 Å². The summed E-state index contributed by atoms with van der Waals surface area (Å²) in [6, 6.07) is 16.9. The van der Waals surface area contributed by atoms with Crippen LogP contribution in [0.15, 0.2) is 59.1 Å². The van der Waals surface area contributed by atoms with Crippen LogP contribution in [0.25, 0.3) is 11.4 Å². The Morgan fingerprint density at radius 3 is 2.61 bits per heavy atom. The summed E-state index contributed by atoms with van der Waals surface area (Å²) in [5.74, 6) is 0.933. The lowest BCUT2D eigenvalue weighted by molar-refractivity contribution is 0.0586. The molecule has 0 N–H and O–H groups in total. The lowest BCUT2D eigenvalue weighted by Gasteiger charge is -2.33. The fourth-order valence-electron chi connectivity index (χ4n) is 3.72. The molecule has 4 rings (SSSR count). The summed E-state index contributed by atoms with van der Waals surface area (Å²) in [6.07, 6.45) is 5.46. The molecule has 0 aliphatic heterocycles. The maximum absolute atomic E-state index is 13.3. The second-order valence-corrected chi connectivity index (χ2v) is 7.55. The van der Waals surface area contributed by atoms with Crippen LogP contribution in [0.1, 0.15) is 48.4 Å². The van der Waals surface area contributed by atoms with Crippen LogP contribution in [0.4, 0.5) is 0 Å². The molecule has 6 heteroatoms. The average molecular weight is 396 g/mol. The van der Waals surface area contributed by atoms with Crippen LogP contribution in [0.3, 0.4) is 0 Å². The number of carbonyl (C=O) groups excluding carboxylic acids is 1. The van der Waals surface area contributed by atoms with Gasteiger partial charge in [0.05, 0.1) is 0 Å². The smallest absolute Gasteiger partial charge is 0.254 e. The van der Waals surface area contributed by atoms with Crippen molar-refractivity contribution in [3.05, 3.63) is 71.1 Å². The molecule has 1 heterocycles. The van der Waals surface area contributed by atoms with Gasteiger partial charge in [0.1, 0.15) is 6.54 Å². The molecule has 0 spiro atoms. The van der Waals surface area contributed by atoms with E-state index in [0.717, 1.165) is 31.2 Å². The maximum atomic E-state index is 13.3. The Balaban J connectivity index is 1.59. The average Bonchev–Trinajstić information content (AvgIpc) is 3.22. The quantitative estimate of drug-likeness (QED) is 0.583. The number of halogens is 1. The molecule has 1 aliphatic carbocycles. The second-order valence-electron chi connectivity index (χ2n) is 7.11. The summed E-state index contributed by atoms with van der Waals surface area (Å²) < 4.78 is 5.47. The van der Waals surface area contributed by atoms with Gasteiger partial charge in [-0.15, -0.1) is 0 Å². The van der Waals surface area contributed by atoms with E-state index in [1.807, 2.05) is 35.2 Å². The first kappa shape index (κ1) is 18.7. The Morgan fingerprint density at radius 2 is 1.86 bits per heavy atom. The molecule has 0 saturated heterocycles. The molecular weight excluding hydrogens is 374 g/mol. The minimum Gasteiger partial charge on any atom is -0.337 e. The lowest BCUT2D eigenvalue weighted by Crippen LogP contribution is -2.41. The van der Waals surface area contributed by atoms with Gasteiger partial charge in [0.25, 0.3) is 5.91 Å². The van der Waals surface area contributed by atoms with Crippen LogP contribution in [-0.4, -0.2) is 27.0 Å². The number of rotatable bonds is 5. The first-order valence-corrected chi connectivity index (χ1v) is 10.0. The summed E-state index contributed by atoms with van der Waals surface area (Å²) in [6.45, 7) is 0.301. The SMILES string of the molecule is O=C(c1cccc(Cl)c1)N(Cc1nc(-c2ccccc2)no1)C1CCCCC1. The summed E-state index contributed by atoms with van der Waals surface area (Å²) in [5.41, 5.74) is 1.48. The highest BCUT2D eigenvalue weighted by molar-refractivity contribution is 6.30. The van der Waals surface area contributed by atoms with Gasteiger partial charge in [-0.3, -0.25) is 4.79 Å². The summed E-state index contributed by atoms with van der Waals surface area (Å²) in [7, 11) is 0. The zero-order valence-electron chi connectivity index (χ0n) is 15.6.